The zero-order valence-electron chi connectivity index (χ0n) is 15.2. The van der Waals surface area contributed by atoms with Crippen LogP contribution in [0.25, 0.3) is 0 Å². The Morgan fingerprint density at radius 2 is 1.81 bits per heavy atom. The molecule has 6 nitrogen and oxygen atoms in total. The minimum absolute atomic E-state index is 0.155. The number of anilines is 2. The molecule has 7 heteroatoms. The Kier molecular flexibility index (Phi) is 6.19. The second-order valence-corrected chi connectivity index (χ2v) is 7.01. The first-order valence-electron chi connectivity index (χ1n) is 8.92. The molecule has 1 saturated heterocycles. The predicted octanol–water partition coefficient (Wildman–Crippen LogP) is 3.35. The summed E-state index contributed by atoms with van der Waals surface area (Å²) < 4.78 is 0. The molecule has 27 heavy (non-hydrogen) atoms. The summed E-state index contributed by atoms with van der Waals surface area (Å²) in [5, 5.41) is 9.01. The average Bonchev–Trinajstić information content (AvgIpc) is 3.16. The molecule has 1 atom stereocenters. The Morgan fingerprint density at radius 3 is 2.48 bits per heavy atom. The largest absolute Gasteiger partial charge is 0.371 e. The van der Waals surface area contributed by atoms with Crippen LogP contribution in [0.3, 0.4) is 0 Å². The van der Waals surface area contributed by atoms with Crippen LogP contribution in [-0.4, -0.2) is 38.6 Å². The third-order valence-electron chi connectivity index (χ3n) is 4.66. The Bertz CT molecular complexity index is 793. The third-order valence-corrected chi connectivity index (χ3v) is 4.91. The van der Waals surface area contributed by atoms with Crippen LogP contribution in [0.15, 0.2) is 48.5 Å². The number of rotatable bonds is 5. The Labute approximate surface area is 163 Å². The Morgan fingerprint density at radius 1 is 1.11 bits per heavy atom. The van der Waals surface area contributed by atoms with Crippen molar-refractivity contribution in [1.29, 1.82) is 0 Å². The van der Waals surface area contributed by atoms with Gasteiger partial charge >= 0.3 is 6.03 Å². The van der Waals surface area contributed by atoms with Gasteiger partial charge in [-0.2, -0.15) is 0 Å². The molecule has 3 amide bonds. The van der Waals surface area contributed by atoms with Crippen LogP contribution < -0.4 is 20.9 Å². The van der Waals surface area contributed by atoms with Gasteiger partial charge in [0.1, 0.15) is 0 Å². The molecule has 0 aliphatic carbocycles. The van der Waals surface area contributed by atoms with Crippen LogP contribution in [-0.2, 0) is 0 Å². The third kappa shape index (κ3) is 5.14. The summed E-state index contributed by atoms with van der Waals surface area (Å²) in [5.41, 5.74) is 2.36. The molecule has 1 aliphatic rings. The zero-order valence-corrected chi connectivity index (χ0v) is 15.9. The molecular formula is C20H23ClN4O2. The molecule has 1 heterocycles. The summed E-state index contributed by atoms with van der Waals surface area (Å²) in [6.45, 7) is 2.49. The van der Waals surface area contributed by atoms with Gasteiger partial charge in [-0.1, -0.05) is 11.6 Å². The van der Waals surface area contributed by atoms with Gasteiger partial charge in [0.25, 0.3) is 5.91 Å². The maximum atomic E-state index is 12.1. The van der Waals surface area contributed by atoms with Crippen molar-refractivity contribution < 1.29 is 9.59 Å². The topological polar surface area (TPSA) is 73.5 Å². The van der Waals surface area contributed by atoms with Crippen molar-refractivity contribution in [2.24, 2.45) is 5.92 Å². The lowest BCUT2D eigenvalue weighted by molar-refractivity contribution is 0.0963. The smallest absolute Gasteiger partial charge is 0.319 e. The standard InChI is InChI=1S/C20H23ClN4O2/c1-22-19(26)15-2-6-17(7-3-15)24-20(27)23-12-14-10-11-25(13-14)18-8-4-16(21)5-9-18/h2-9,14H,10-13H2,1H3,(H,22,26)(H2,23,24,27)/t14-/m1/s1. The van der Waals surface area contributed by atoms with Crippen molar-refractivity contribution >= 4 is 34.9 Å². The number of halogens is 1. The highest BCUT2D eigenvalue weighted by molar-refractivity contribution is 6.30. The number of hydrogen-bond acceptors (Lipinski definition) is 3. The van der Waals surface area contributed by atoms with Gasteiger partial charge in [-0.15, -0.1) is 0 Å². The highest BCUT2D eigenvalue weighted by atomic mass is 35.5. The van der Waals surface area contributed by atoms with Crippen LogP contribution in [0, 0.1) is 5.92 Å². The van der Waals surface area contributed by atoms with Gasteiger partial charge in [-0.25, -0.2) is 4.79 Å². The molecule has 2 aromatic rings. The quantitative estimate of drug-likeness (QED) is 0.737. The van der Waals surface area contributed by atoms with E-state index in [2.05, 4.69) is 20.9 Å². The molecule has 0 spiro atoms. The van der Waals surface area contributed by atoms with E-state index in [4.69, 9.17) is 11.6 Å². The first-order chi connectivity index (χ1) is 13.0. The number of urea groups is 1. The zero-order chi connectivity index (χ0) is 19.2. The van der Waals surface area contributed by atoms with Gasteiger partial charge < -0.3 is 20.9 Å². The van der Waals surface area contributed by atoms with Gasteiger partial charge in [0.05, 0.1) is 0 Å². The minimum atomic E-state index is -0.243. The Balaban J connectivity index is 1.44. The van der Waals surface area contributed by atoms with Crippen molar-refractivity contribution in [1.82, 2.24) is 10.6 Å². The predicted molar refractivity (Wildman–Crippen MR) is 109 cm³/mol. The molecule has 0 saturated carbocycles. The minimum Gasteiger partial charge on any atom is -0.371 e. The number of nitrogens with zero attached hydrogens (tertiary/aromatic N) is 1. The number of carbonyl (C=O) groups is 2. The van der Waals surface area contributed by atoms with E-state index in [0.717, 1.165) is 30.2 Å². The summed E-state index contributed by atoms with van der Waals surface area (Å²) in [6.07, 6.45) is 1.03. The molecule has 3 N–H and O–H groups in total. The van der Waals surface area contributed by atoms with Gasteiger partial charge in [-0.05, 0) is 60.9 Å². The van der Waals surface area contributed by atoms with Crippen molar-refractivity contribution in [2.75, 3.05) is 36.9 Å². The molecule has 2 aromatic carbocycles. The van der Waals surface area contributed by atoms with E-state index < -0.39 is 0 Å². The fourth-order valence-corrected chi connectivity index (χ4v) is 3.27. The molecule has 1 aliphatic heterocycles. The van der Waals surface area contributed by atoms with E-state index >= 15 is 0 Å². The molecular weight excluding hydrogens is 364 g/mol. The van der Waals surface area contributed by atoms with E-state index in [1.807, 2.05) is 24.3 Å². The number of carbonyl (C=O) groups excluding carboxylic acids is 2. The highest BCUT2D eigenvalue weighted by Crippen LogP contribution is 2.24. The first kappa shape index (κ1) is 19.0. The van der Waals surface area contributed by atoms with E-state index in [1.54, 1.807) is 31.3 Å². The van der Waals surface area contributed by atoms with Crippen LogP contribution in [0.5, 0.6) is 0 Å². The van der Waals surface area contributed by atoms with Crippen molar-refractivity contribution in [3.05, 3.63) is 59.1 Å². The molecule has 0 radical (unpaired) electrons. The summed E-state index contributed by atoms with van der Waals surface area (Å²) >= 11 is 5.94. The van der Waals surface area contributed by atoms with Crippen LogP contribution in [0.2, 0.25) is 5.02 Å². The highest BCUT2D eigenvalue weighted by Gasteiger charge is 2.23. The van der Waals surface area contributed by atoms with Crippen molar-refractivity contribution in [2.45, 2.75) is 6.42 Å². The second kappa shape index (κ2) is 8.77. The summed E-state index contributed by atoms with van der Waals surface area (Å²) in [7, 11) is 1.58. The lowest BCUT2D eigenvalue weighted by atomic mass is 10.1. The normalized spacial score (nSPS) is 16.1. The monoisotopic (exact) mass is 386 g/mol. The molecule has 0 aromatic heterocycles. The SMILES string of the molecule is CNC(=O)c1ccc(NC(=O)NC[C@H]2CCN(c3ccc(Cl)cc3)C2)cc1. The summed E-state index contributed by atoms with van der Waals surface area (Å²) in [6, 6.07) is 14.4. The van der Waals surface area contributed by atoms with Crippen LogP contribution in [0.1, 0.15) is 16.8 Å². The average molecular weight is 387 g/mol. The maximum Gasteiger partial charge on any atom is 0.319 e. The number of nitrogens with one attached hydrogen (secondary N) is 3. The fraction of sp³-hybridized carbons (Fsp3) is 0.300. The molecule has 1 fully saturated rings. The van der Waals surface area contributed by atoms with E-state index in [1.165, 1.54) is 0 Å². The lowest BCUT2D eigenvalue weighted by Crippen LogP contribution is -2.34. The number of hydrogen-bond donors (Lipinski definition) is 3. The van der Waals surface area contributed by atoms with E-state index in [-0.39, 0.29) is 11.9 Å². The fourth-order valence-electron chi connectivity index (χ4n) is 3.15. The van der Waals surface area contributed by atoms with Crippen LogP contribution in [0.4, 0.5) is 16.2 Å². The molecule has 0 bridgehead atoms. The van der Waals surface area contributed by atoms with E-state index in [0.29, 0.717) is 23.7 Å². The van der Waals surface area contributed by atoms with Gasteiger partial charge in [-0.3, -0.25) is 4.79 Å². The molecule has 0 unspecified atom stereocenters. The van der Waals surface area contributed by atoms with Gasteiger partial charge in [0.15, 0.2) is 0 Å². The van der Waals surface area contributed by atoms with Crippen LogP contribution >= 0.6 is 11.6 Å². The maximum absolute atomic E-state index is 12.1. The van der Waals surface area contributed by atoms with Crippen molar-refractivity contribution in [3.63, 3.8) is 0 Å². The van der Waals surface area contributed by atoms with Gasteiger partial charge in [0.2, 0.25) is 0 Å². The summed E-state index contributed by atoms with van der Waals surface area (Å²) in [4.78, 5) is 25.9. The number of benzene rings is 2. The number of amides is 3. The Hall–Kier alpha value is -2.73. The van der Waals surface area contributed by atoms with Gasteiger partial charge in [0, 0.05) is 48.6 Å². The van der Waals surface area contributed by atoms with E-state index in [9.17, 15) is 9.59 Å². The van der Waals surface area contributed by atoms with Crippen molar-refractivity contribution in [3.8, 4) is 0 Å². The summed E-state index contributed by atoms with van der Waals surface area (Å²) in [5.74, 6) is 0.250. The first-order valence-corrected chi connectivity index (χ1v) is 9.30. The molecule has 3 rings (SSSR count). The second-order valence-electron chi connectivity index (χ2n) is 6.57. The lowest BCUT2D eigenvalue weighted by Gasteiger charge is -2.19. The molecule has 142 valence electrons.